The monoisotopic (exact) mass is 412 g/mol. The number of carbonyl (C=O) groups excluding carboxylic acids is 1. The number of carbonyl (C=O) groups is 1. The second-order valence-corrected chi connectivity index (χ2v) is 7.44. The standard InChI is InChI=1S/C21H21ClN4O3/c1-2-25-17-6-4-3-5-15(17)13-20(25)21(27)24-11-9-23(10-12-24)18-8-7-16(22)14-19(18)26(28)29/h3-8,13-14H,2,9-12H2,1H3. The van der Waals surface area contributed by atoms with E-state index in [9.17, 15) is 14.9 Å². The molecule has 1 aliphatic heterocycles. The lowest BCUT2D eigenvalue weighted by Gasteiger charge is -2.36. The predicted molar refractivity (Wildman–Crippen MR) is 114 cm³/mol. The fourth-order valence-electron chi connectivity index (χ4n) is 3.95. The number of piperazine rings is 1. The molecule has 8 heteroatoms. The Kier molecular flexibility index (Phi) is 5.15. The number of rotatable bonds is 4. The van der Waals surface area contributed by atoms with Crippen molar-refractivity contribution in [2.75, 3.05) is 31.1 Å². The molecule has 1 aliphatic rings. The molecule has 3 aromatic rings. The highest BCUT2D eigenvalue weighted by atomic mass is 35.5. The molecule has 7 nitrogen and oxygen atoms in total. The predicted octanol–water partition coefficient (Wildman–Crippen LogP) is 4.19. The molecule has 1 amide bonds. The minimum Gasteiger partial charge on any atom is -0.362 e. The summed E-state index contributed by atoms with van der Waals surface area (Å²) in [7, 11) is 0. The third-order valence-electron chi connectivity index (χ3n) is 5.39. The number of para-hydroxylation sites is 1. The van der Waals surface area contributed by atoms with Crippen molar-refractivity contribution >= 4 is 39.8 Å². The van der Waals surface area contributed by atoms with Gasteiger partial charge >= 0.3 is 0 Å². The minimum atomic E-state index is -0.418. The average molecular weight is 413 g/mol. The van der Waals surface area contributed by atoms with Gasteiger partial charge < -0.3 is 14.4 Å². The van der Waals surface area contributed by atoms with Crippen molar-refractivity contribution in [1.82, 2.24) is 9.47 Å². The normalized spacial score (nSPS) is 14.4. The summed E-state index contributed by atoms with van der Waals surface area (Å²) in [6.45, 7) is 4.81. The number of hydrogen-bond donors (Lipinski definition) is 0. The molecule has 1 saturated heterocycles. The minimum absolute atomic E-state index is 0.00620. The number of amides is 1. The molecule has 150 valence electrons. The molecule has 0 spiro atoms. The maximum absolute atomic E-state index is 13.2. The van der Waals surface area contributed by atoms with Crippen LogP contribution in [-0.4, -0.2) is 46.5 Å². The van der Waals surface area contributed by atoms with Gasteiger partial charge in [-0.3, -0.25) is 14.9 Å². The van der Waals surface area contributed by atoms with E-state index >= 15 is 0 Å². The Balaban J connectivity index is 1.54. The van der Waals surface area contributed by atoms with Gasteiger partial charge in [0.1, 0.15) is 11.4 Å². The summed E-state index contributed by atoms with van der Waals surface area (Å²) in [6, 6.07) is 14.6. The van der Waals surface area contributed by atoms with E-state index in [1.165, 1.54) is 6.07 Å². The fourth-order valence-corrected chi connectivity index (χ4v) is 4.12. The molecule has 0 radical (unpaired) electrons. The van der Waals surface area contributed by atoms with Crippen molar-refractivity contribution in [3.63, 3.8) is 0 Å². The van der Waals surface area contributed by atoms with E-state index < -0.39 is 4.92 Å². The van der Waals surface area contributed by atoms with Gasteiger partial charge in [0.15, 0.2) is 0 Å². The van der Waals surface area contributed by atoms with Gasteiger partial charge in [0.2, 0.25) is 0 Å². The van der Waals surface area contributed by atoms with Crippen LogP contribution in [0.15, 0.2) is 48.5 Å². The smallest absolute Gasteiger partial charge is 0.294 e. The maximum Gasteiger partial charge on any atom is 0.294 e. The van der Waals surface area contributed by atoms with Crippen molar-refractivity contribution in [2.45, 2.75) is 13.5 Å². The van der Waals surface area contributed by atoms with Crippen LogP contribution in [0, 0.1) is 10.1 Å². The summed E-state index contributed by atoms with van der Waals surface area (Å²) in [5, 5.41) is 12.8. The second-order valence-electron chi connectivity index (χ2n) is 7.00. The van der Waals surface area contributed by atoms with Gasteiger partial charge in [0, 0.05) is 54.7 Å². The Labute approximate surface area is 173 Å². The van der Waals surface area contributed by atoms with Crippen molar-refractivity contribution in [3.8, 4) is 0 Å². The van der Waals surface area contributed by atoms with Crippen LogP contribution >= 0.6 is 11.6 Å². The Morgan fingerprint density at radius 1 is 1.10 bits per heavy atom. The Hall–Kier alpha value is -3.06. The van der Waals surface area contributed by atoms with Crippen molar-refractivity contribution in [1.29, 1.82) is 0 Å². The number of hydrogen-bond acceptors (Lipinski definition) is 4. The van der Waals surface area contributed by atoms with Crippen LogP contribution in [0.2, 0.25) is 5.02 Å². The maximum atomic E-state index is 13.2. The van der Waals surface area contributed by atoms with Gasteiger partial charge in [-0.15, -0.1) is 0 Å². The van der Waals surface area contributed by atoms with Crippen LogP contribution < -0.4 is 4.90 Å². The van der Waals surface area contributed by atoms with E-state index in [1.807, 2.05) is 51.6 Å². The van der Waals surface area contributed by atoms with Crippen LogP contribution in [0.5, 0.6) is 0 Å². The van der Waals surface area contributed by atoms with Crippen LogP contribution in [-0.2, 0) is 6.54 Å². The van der Waals surface area contributed by atoms with Crippen molar-refractivity contribution < 1.29 is 9.72 Å². The second kappa shape index (κ2) is 7.75. The highest BCUT2D eigenvalue weighted by molar-refractivity contribution is 6.30. The highest BCUT2D eigenvalue weighted by Crippen LogP contribution is 2.32. The van der Waals surface area contributed by atoms with Gasteiger partial charge in [-0.25, -0.2) is 0 Å². The zero-order valence-electron chi connectivity index (χ0n) is 16.0. The van der Waals surface area contributed by atoms with E-state index in [1.54, 1.807) is 12.1 Å². The molecular formula is C21H21ClN4O3. The number of benzene rings is 2. The number of nitrogens with zero attached hydrogens (tertiary/aromatic N) is 4. The molecule has 2 aromatic carbocycles. The summed E-state index contributed by atoms with van der Waals surface area (Å²) in [6.07, 6.45) is 0. The lowest BCUT2D eigenvalue weighted by atomic mass is 10.2. The third-order valence-corrected chi connectivity index (χ3v) is 5.62. The summed E-state index contributed by atoms with van der Waals surface area (Å²) >= 11 is 5.92. The number of fused-ring (bicyclic) bond motifs is 1. The third kappa shape index (κ3) is 3.53. The lowest BCUT2D eigenvalue weighted by Crippen LogP contribution is -2.49. The van der Waals surface area contributed by atoms with E-state index in [0.29, 0.717) is 49.1 Å². The Bertz CT molecular complexity index is 1090. The number of aromatic nitrogens is 1. The van der Waals surface area contributed by atoms with Gasteiger partial charge in [-0.2, -0.15) is 0 Å². The molecule has 0 unspecified atom stereocenters. The SMILES string of the molecule is CCn1c(C(=O)N2CCN(c3ccc(Cl)cc3[N+](=O)[O-])CC2)cc2ccccc21. The first-order valence-electron chi connectivity index (χ1n) is 9.56. The number of nitro groups is 1. The van der Waals surface area contributed by atoms with Crippen LogP contribution in [0.3, 0.4) is 0 Å². The number of anilines is 1. The van der Waals surface area contributed by atoms with E-state index in [0.717, 1.165) is 10.9 Å². The van der Waals surface area contributed by atoms with Gasteiger partial charge in [-0.1, -0.05) is 29.8 Å². The molecule has 0 N–H and O–H groups in total. The van der Waals surface area contributed by atoms with Gasteiger partial charge in [-0.05, 0) is 31.2 Å². The summed E-state index contributed by atoms with van der Waals surface area (Å²) in [5.74, 6) is -0.00620. The quantitative estimate of drug-likeness (QED) is 0.476. The summed E-state index contributed by atoms with van der Waals surface area (Å²) in [4.78, 5) is 27.9. The van der Waals surface area contributed by atoms with E-state index in [4.69, 9.17) is 11.6 Å². The molecular weight excluding hydrogens is 392 g/mol. The first-order valence-corrected chi connectivity index (χ1v) is 9.94. The first-order chi connectivity index (χ1) is 14.0. The first kappa shape index (κ1) is 19.3. The number of aryl methyl sites for hydroxylation is 1. The zero-order chi connectivity index (χ0) is 20.5. The molecule has 1 aromatic heterocycles. The molecule has 1 fully saturated rings. The Morgan fingerprint density at radius 2 is 1.83 bits per heavy atom. The molecule has 4 rings (SSSR count). The molecule has 0 atom stereocenters. The molecule has 0 bridgehead atoms. The molecule has 0 saturated carbocycles. The lowest BCUT2D eigenvalue weighted by molar-refractivity contribution is -0.384. The van der Waals surface area contributed by atoms with Gasteiger partial charge in [0.25, 0.3) is 11.6 Å². The average Bonchev–Trinajstić information content (AvgIpc) is 3.12. The fraction of sp³-hybridized carbons (Fsp3) is 0.286. The van der Waals surface area contributed by atoms with Crippen LogP contribution in [0.4, 0.5) is 11.4 Å². The van der Waals surface area contributed by atoms with E-state index in [-0.39, 0.29) is 11.6 Å². The Morgan fingerprint density at radius 3 is 2.52 bits per heavy atom. The summed E-state index contributed by atoms with van der Waals surface area (Å²) < 4.78 is 2.04. The molecule has 29 heavy (non-hydrogen) atoms. The molecule has 2 heterocycles. The van der Waals surface area contributed by atoms with Crippen molar-refractivity contribution in [2.24, 2.45) is 0 Å². The van der Waals surface area contributed by atoms with Crippen molar-refractivity contribution in [3.05, 3.63) is 69.4 Å². The topological polar surface area (TPSA) is 71.6 Å². The van der Waals surface area contributed by atoms with Gasteiger partial charge in [0.05, 0.1) is 4.92 Å². The van der Waals surface area contributed by atoms with Crippen LogP contribution in [0.25, 0.3) is 10.9 Å². The van der Waals surface area contributed by atoms with E-state index in [2.05, 4.69) is 0 Å². The zero-order valence-corrected chi connectivity index (χ0v) is 16.8. The molecule has 0 aliphatic carbocycles. The number of halogens is 1. The van der Waals surface area contributed by atoms with Crippen LogP contribution in [0.1, 0.15) is 17.4 Å². The largest absolute Gasteiger partial charge is 0.362 e. The highest BCUT2D eigenvalue weighted by Gasteiger charge is 2.28. The number of nitro benzene ring substituents is 1. The summed E-state index contributed by atoms with van der Waals surface area (Å²) in [5.41, 5.74) is 2.26.